The highest BCUT2D eigenvalue weighted by Crippen LogP contribution is 2.32. The van der Waals surface area contributed by atoms with Gasteiger partial charge in [-0.15, -0.1) is 0 Å². The molecule has 0 atom stereocenters. The minimum absolute atomic E-state index is 0.0319. The third kappa shape index (κ3) is 3.96. The van der Waals surface area contributed by atoms with Gasteiger partial charge in [0.25, 0.3) is 0 Å². The van der Waals surface area contributed by atoms with Gasteiger partial charge in [-0.2, -0.15) is 0 Å². The van der Waals surface area contributed by atoms with Gasteiger partial charge in [-0.05, 0) is 40.9 Å². The molecule has 1 aliphatic rings. The number of rotatable bonds is 5. The molecule has 140 valence electrons. The maximum Gasteiger partial charge on any atom is 0.359 e. The van der Waals surface area contributed by atoms with E-state index in [-0.39, 0.29) is 23.0 Å². The summed E-state index contributed by atoms with van der Waals surface area (Å²) < 4.78 is 21.8. The smallest absolute Gasteiger partial charge is 0.359 e. The van der Waals surface area contributed by atoms with Crippen LogP contribution in [0.3, 0.4) is 0 Å². The number of ether oxygens (including phenoxy) is 1. The van der Waals surface area contributed by atoms with Crippen LogP contribution < -0.4 is 0 Å². The summed E-state index contributed by atoms with van der Waals surface area (Å²) in [5.74, 6) is 0.0695. The summed E-state index contributed by atoms with van der Waals surface area (Å²) in [5, 5.41) is 0.0319. The molecular weight excluding hydrogens is 423 g/mol. The normalized spacial score (nSPS) is 15.2. The summed E-state index contributed by atoms with van der Waals surface area (Å²) in [6, 6.07) is 4.81. The Balaban J connectivity index is 2.07. The number of carbonyl (C=O) groups excluding carboxylic acids is 1. The van der Waals surface area contributed by atoms with E-state index in [1.165, 1.54) is 25.3 Å². The quantitative estimate of drug-likeness (QED) is 0.555. The van der Waals surface area contributed by atoms with Gasteiger partial charge in [0.05, 0.1) is 17.3 Å². The molecule has 1 fully saturated rings. The van der Waals surface area contributed by atoms with Crippen LogP contribution in [0.2, 0.25) is 5.02 Å². The van der Waals surface area contributed by atoms with Gasteiger partial charge >= 0.3 is 5.97 Å². The van der Waals surface area contributed by atoms with Crippen LogP contribution in [0.25, 0.3) is 5.69 Å². The lowest BCUT2D eigenvalue weighted by atomic mass is 9.87. The molecule has 0 radical (unpaired) electrons. The molecule has 0 bridgehead atoms. The molecule has 1 aliphatic carbocycles. The molecule has 0 aliphatic heterocycles. The average Bonchev–Trinajstić information content (AvgIpc) is 2.95. The lowest BCUT2D eigenvalue weighted by Gasteiger charge is -2.21. The summed E-state index contributed by atoms with van der Waals surface area (Å²) >= 11 is 9.39. The Morgan fingerprint density at radius 2 is 2.12 bits per heavy atom. The van der Waals surface area contributed by atoms with Crippen LogP contribution in [-0.2, 0) is 11.2 Å². The van der Waals surface area contributed by atoms with Gasteiger partial charge in [-0.1, -0.05) is 49.8 Å². The van der Waals surface area contributed by atoms with Gasteiger partial charge in [0.15, 0.2) is 11.5 Å². The summed E-state index contributed by atoms with van der Waals surface area (Å²) in [6.07, 6.45) is 6.58. The highest BCUT2D eigenvalue weighted by Gasteiger charge is 2.26. The first-order valence-electron chi connectivity index (χ1n) is 8.91. The van der Waals surface area contributed by atoms with Crippen LogP contribution in [0.5, 0.6) is 0 Å². The Kier molecular flexibility index (Phi) is 6.35. The van der Waals surface area contributed by atoms with Crippen molar-refractivity contribution in [2.24, 2.45) is 5.92 Å². The minimum atomic E-state index is -0.535. The first-order chi connectivity index (χ1) is 12.5. The number of esters is 1. The van der Waals surface area contributed by atoms with E-state index in [2.05, 4.69) is 20.9 Å². The molecule has 1 heterocycles. The number of hydrogen-bond donors (Lipinski definition) is 0. The summed E-state index contributed by atoms with van der Waals surface area (Å²) in [7, 11) is 0. The van der Waals surface area contributed by atoms with Crippen molar-refractivity contribution >= 4 is 33.5 Å². The molecule has 1 aromatic carbocycles. The molecule has 0 amide bonds. The number of nitrogens with zero attached hydrogens (tertiary/aromatic N) is 2. The van der Waals surface area contributed by atoms with E-state index in [0.29, 0.717) is 22.8 Å². The molecule has 4 nitrogen and oxygen atoms in total. The van der Waals surface area contributed by atoms with E-state index in [1.54, 1.807) is 23.6 Å². The van der Waals surface area contributed by atoms with Crippen LogP contribution >= 0.6 is 27.5 Å². The van der Waals surface area contributed by atoms with E-state index in [0.717, 1.165) is 12.8 Å². The predicted octanol–water partition coefficient (Wildman–Crippen LogP) is 5.73. The second kappa shape index (κ2) is 8.53. The lowest BCUT2D eigenvalue weighted by Crippen LogP contribution is -2.13. The minimum Gasteiger partial charge on any atom is -0.461 e. The molecule has 7 heteroatoms. The molecule has 0 N–H and O–H groups in total. The summed E-state index contributed by atoms with van der Waals surface area (Å²) in [4.78, 5) is 16.8. The largest absolute Gasteiger partial charge is 0.461 e. The number of benzene rings is 1. The maximum absolute atomic E-state index is 14.7. The Morgan fingerprint density at radius 3 is 2.81 bits per heavy atom. The fourth-order valence-corrected chi connectivity index (χ4v) is 4.29. The van der Waals surface area contributed by atoms with Crippen LogP contribution in [0.4, 0.5) is 4.39 Å². The van der Waals surface area contributed by atoms with Gasteiger partial charge in [0.2, 0.25) is 0 Å². The topological polar surface area (TPSA) is 44.1 Å². The molecule has 26 heavy (non-hydrogen) atoms. The number of halogens is 3. The van der Waals surface area contributed by atoms with Gasteiger partial charge in [-0.25, -0.2) is 14.2 Å². The summed E-state index contributed by atoms with van der Waals surface area (Å²) in [6.45, 7) is 1.99. The van der Waals surface area contributed by atoms with Crippen LogP contribution in [0.15, 0.2) is 22.8 Å². The Bertz CT molecular complexity index is 803. The van der Waals surface area contributed by atoms with Crippen molar-refractivity contribution in [2.45, 2.75) is 45.4 Å². The zero-order chi connectivity index (χ0) is 18.7. The fraction of sp³-hybridized carbons (Fsp3) is 0.474. The van der Waals surface area contributed by atoms with Crippen molar-refractivity contribution < 1.29 is 13.9 Å². The molecule has 0 saturated heterocycles. The number of aromatic nitrogens is 2. The Labute approximate surface area is 165 Å². The first-order valence-corrected chi connectivity index (χ1v) is 10.1. The first kappa shape index (κ1) is 19.4. The fourth-order valence-electron chi connectivity index (χ4n) is 3.47. The monoisotopic (exact) mass is 442 g/mol. The van der Waals surface area contributed by atoms with Crippen molar-refractivity contribution in [3.05, 3.63) is 45.2 Å². The third-order valence-corrected chi connectivity index (χ3v) is 5.75. The van der Waals surface area contributed by atoms with Crippen LogP contribution in [-0.4, -0.2) is 22.1 Å². The predicted molar refractivity (Wildman–Crippen MR) is 102 cm³/mol. The lowest BCUT2D eigenvalue weighted by molar-refractivity contribution is 0.0518. The second-order valence-corrected chi connectivity index (χ2v) is 7.66. The maximum atomic E-state index is 14.7. The number of carbonyl (C=O) groups is 1. The van der Waals surface area contributed by atoms with Crippen molar-refractivity contribution in [1.82, 2.24) is 9.55 Å². The zero-order valence-corrected chi connectivity index (χ0v) is 16.9. The van der Waals surface area contributed by atoms with Gasteiger partial charge in [0, 0.05) is 6.42 Å². The van der Waals surface area contributed by atoms with Crippen LogP contribution in [0.1, 0.15) is 55.3 Å². The molecule has 0 unspecified atom stereocenters. The molecular formula is C19H21BrClFN2O2. The SMILES string of the molecule is CCOC(=O)c1nc(CC2CCCCC2)n(-c2cccc(Cl)c2F)c1Br. The molecule has 1 saturated carbocycles. The van der Waals surface area contributed by atoms with E-state index in [9.17, 15) is 9.18 Å². The molecule has 0 spiro atoms. The summed E-state index contributed by atoms with van der Waals surface area (Å²) in [5.41, 5.74) is 0.440. The Morgan fingerprint density at radius 1 is 1.38 bits per heavy atom. The zero-order valence-electron chi connectivity index (χ0n) is 14.6. The second-order valence-electron chi connectivity index (χ2n) is 6.50. The van der Waals surface area contributed by atoms with Crippen LogP contribution in [0, 0.1) is 11.7 Å². The molecule has 1 aromatic heterocycles. The number of hydrogen-bond acceptors (Lipinski definition) is 3. The molecule has 3 rings (SSSR count). The van der Waals surface area contributed by atoms with Crippen molar-refractivity contribution in [2.75, 3.05) is 6.61 Å². The van der Waals surface area contributed by atoms with Crippen molar-refractivity contribution in [3.63, 3.8) is 0 Å². The van der Waals surface area contributed by atoms with Gasteiger partial charge < -0.3 is 4.74 Å². The van der Waals surface area contributed by atoms with E-state index in [1.807, 2.05) is 0 Å². The highest BCUT2D eigenvalue weighted by atomic mass is 79.9. The van der Waals surface area contributed by atoms with Crippen molar-refractivity contribution in [3.8, 4) is 5.69 Å². The van der Waals surface area contributed by atoms with E-state index >= 15 is 0 Å². The highest BCUT2D eigenvalue weighted by molar-refractivity contribution is 9.10. The Hall–Kier alpha value is -1.40. The van der Waals surface area contributed by atoms with E-state index in [4.69, 9.17) is 16.3 Å². The standard InChI is InChI=1S/C19H21BrClFN2O2/c1-2-26-19(25)17-18(20)24(14-10-6-9-13(21)16(14)22)15(23-17)11-12-7-4-3-5-8-12/h6,9-10,12H,2-5,7-8,11H2,1H3. The van der Waals surface area contributed by atoms with Gasteiger partial charge in [0.1, 0.15) is 10.4 Å². The van der Waals surface area contributed by atoms with Crippen molar-refractivity contribution in [1.29, 1.82) is 0 Å². The molecule has 2 aromatic rings. The average molecular weight is 444 g/mol. The van der Waals surface area contributed by atoms with Gasteiger partial charge in [-0.3, -0.25) is 4.57 Å². The third-order valence-electron chi connectivity index (χ3n) is 4.73. The van der Waals surface area contributed by atoms with E-state index < -0.39 is 11.8 Å². The number of imidazole rings is 1.